The van der Waals surface area contributed by atoms with Crippen LogP contribution in [0.5, 0.6) is 0 Å². The van der Waals surface area contributed by atoms with Crippen LogP contribution in [-0.4, -0.2) is 31.7 Å². The number of rotatable bonds is 5. The third-order valence-corrected chi connectivity index (χ3v) is 5.17. The summed E-state index contributed by atoms with van der Waals surface area (Å²) in [5.74, 6) is -0.271. The molecule has 5 aromatic rings. The van der Waals surface area contributed by atoms with Crippen LogP contribution in [0.1, 0.15) is 21.9 Å². The Morgan fingerprint density at radius 1 is 1.06 bits per heavy atom. The van der Waals surface area contributed by atoms with Crippen LogP contribution in [0.2, 0.25) is 0 Å². The lowest BCUT2D eigenvalue weighted by Gasteiger charge is -2.11. The first-order chi connectivity index (χ1) is 16.5. The molecule has 0 bridgehead atoms. The number of carbonyl (C=O) groups is 1. The topological polar surface area (TPSA) is 164 Å². The number of fused-ring (bicyclic) bond motifs is 1. The van der Waals surface area contributed by atoms with E-state index in [1.54, 1.807) is 54.7 Å². The Morgan fingerprint density at radius 2 is 1.91 bits per heavy atom. The van der Waals surface area contributed by atoms with Gasteiger partial charge < -0.3 is 20.6 Å². The van der Waals surface area contributed by atoms with Crippen molar-refractivity contribution in [1.82, 2.24) is 20.1 Å². The summed E-state index contributed by atoms with van der Waals surface area (Å²) >= 11 is 0. The highest BCUT2D eigenvalue weighted by atomic mass is 16.5. The van der Waals surface area contributed by atoms with Crippen LogP contribution in [0, 0.1) is 5.41 Å². The minimum Gasteiger partial charge on any atom is -0.398 e. The summed E-state index contributed by atoms with van der Waals surface area (Å²) in [7, 11) is 0. The Hall–Kier alpha value is -5.12. The summed E-state index contributed by atoms with van der Waals surface area (Å²) < 4.78 is 4.86. The van der Waals surface area contributed by atoms with Crippen molar-refractivity contribution in [2.24, 2.45) is 0 Å². The van der Waals surface area contributed by atoms with Gasteiger partial charge in [0.25, 0.3) is 11.5 Å². The Morgan fingerprint density at radius 3 is 2.74 bits per heavy atom. The van der Waals surface area contributed by atoms with Gasteiger partial charge in [-0.05, 0) is 35.9 Å². The molecule has 166 valence electrons. The molecule has 0 fully saturated rings. The second-order valence-corrected chi connectivity index (χ2v) is 7.41. The van der Waals surface area contributed by atoms with Gasteiger partial charge in [0.1, 0.15) is 5.71 Å². The number of hydrogen-bond acceptors (Lipinski definition) is 8. The summed E-state index contributed by atoms with van der Waals surface area (Å²) in [4.78, 5) is 35.9. The van der Waals surface area contributed by atoms with E-state index in [1.807, 2.05) is 0 Å². The number of pyridine rings is 1. The third kappa shape index (κ3) is 3.91. The van der Waals surface area contributed by atoms with Crippen molar-refractivity contribution in [1.29, 1.82) is 5.41 Å². The molecule has 10 nitrogen and oxygen atoms in total. The number of anilines is 2. The molecule has 5 rings (SSSR count). The van der Waals surface area contributed by atoms with Crippen LogP contribution in [0.25, 0.3) is 22.0 Å². The quantitative estimate of drug-likeness (QED) is 0.235. The van der Waals surface area contributed by atoms with E-state index in [4.69, 9.17) is 15.7 Å². The minimum atomic E-state index is -0.456. The van der Waals surface area contributed by atoms with E-state index in [9.17, 15) is 9.59 Å². The highest BCUT2D eigenvalue weighted by Gasteiger charge is 2.15. The molecule has 0 saturated heterocycles. The van der Waals surface area contributed by atoms with E-state index in [0.717, 1.165) is 0 Å². The average Bonchev–Trinajstić information content (AvgIpc) is 3.39. The van der Waals surface area contributed by atoms with Gasteiger partial charge in [-0.3, -0.25) is 20.0 Å². The summed E-state index contributed by atoms with van der Waals surface area (Å²) in [5, 5.41) is 15.3. The van der Waals surface area contributed by atoms with Crippen molar-refractivity contribution < 1.29 is 9.32 Å². The number of H-pyrrole nitrogens is 1. The maximum atomic E-state index is 12.4. The highest BCUT2D eigenvalue weighted by Crippen LogP contribution is 2.26. The van der Waals surface area contributed by atoms with E-state index in [-0.39, 0.29) is 17.3 Å². The number of nitrogen functional groups attached to an aromatic ring is 1. The second kappa shape index (κ2) is 8.43. The number of para-hydroxylation sites is 1. The van der Waals surface area contributed by atoms with Gasteiger partial charge in [0.15, 0.2) is 5.82 Å². The smallest absolute Gasteiger partial charge is 0.294 e. The third-order valence-electron chi connectivity index (χ3n) is 5.17. The monoisotopic (exact) mass is 451 g/mol. The van der Waals surface area contributed by atoms with Gasteiger partial charge in [-0.2, -0.15) is 4.98 Å². The molecule has 0 unspecified atom stereocenters. The minimum absolute atomic E-state index is 0.0232. The molecular formula is C24H17N7O3. The van der Waals surface area contributed by atoms with Crippen LogP contribution in [0.15, 0.2) is 82.5 Å². The molecule has 1 amide bonds. The maximum absolute atomic E-state index is 12.4. The number of nitrogens with two attached hydrogens (primary N) is 1. The molecule has 3 heterocycles. The van der Waals surface area contributed by atoms with E-state index < -0.39 is 11.5 Å². The zero-order chi connectivity index (χ0) is 23.7. The van der Waals surface area contributed by atoms with Crippen molar-refractivity contribution in [3.05, 3.63) is 101 Å². The van der Waals surface area contributed by atoms with Crippen molar-refractivity contribution in [3.8, 4) is 11.1 Å². The van der Waals surface area contributed by atoms with Crippen molar-refractivity contribution in [3.63, 3.8) is 0 Å². The number of nitrogens with zero attached hydrogens (tertiary/aromatic N) is 3. The number of nitrogens with one attached hydrogen (secondary N) is 3. The molecule has 3 aromatic heterocycles. The first kappa shape index (κ1) is 20.8. The Bertz CT molecular complexity index is 1610. The molecule has 0 radical (unpaired) electrons. The predicted molar refractivity (Wildman–Crippen MR) is 127 cm³/mol. The van der Waals surface area contributed by atoms with E-state index in [1.165, 1.54) is 18.5 Å². The molecule has 10 heteroatoms. The molecule has 0 atom stereocenters. The van der Waals surface area contributed by atoms with Crippen molar-refractivity contribution in [2.75, 3.05) is 11.1 Å². The van der Waals surface area contributed by atoms with Gasteiger partial charge in [-0.15, -0.1) is 0 Å². The molecule has 0 aliphatic heterocycles. The molecule has 0 saturated carbocycles. The summed E-state index contributed by atoms with van der Waals surface area (Å²) in [5.41, 5.74) is 8.88. The SMILES string of the molecule is N=C(c1nc(=O)c2ccccc2[nH]1)c1cc(-c2cncc(NC(=O)c3ccno3)c2)ccc1N. The normalized spacial score (nSPS) is 10.8. The summed E-state index contributed by atoms with van der Waals surface area (Å²) in [6.07, 6.45) is 4.51. The standard InChI is InChI=1S/C24H17N7O3/c25-18-6-5-13(14-9-15(12-27-11-14)29-24(33)20-7-8-28-34-20)10-17(18)21(26)22-30-19-4-2-1-3-16(19)23(32)31-22/h1-12,26H,25H2,(H,29,33)(H,30,31,32). The number of hydrogen-bond donors (Lipinski definition) is 4. The zero-order valence-corrected chi connectivity index (χ0v) is 17.6. The molecule has 0 aliphatic rings. The van der Waals surface area contributed by atoms with Crippen LogP contribution in [0.4, 0.5) is 11.4 Å². The lowest BCUT2D eigenvalue weighted by atomic mass is 9.99. The van der Waals surface area contributed by atoms with Crippen molar-refractivity contribution in [2.45, 2.75) is 0 Å². The molecule has 34 heavy (non-hydrogen) atoms. The summed E-state index contributed by atoms with van der Waals surface area (Å²) in [6.45, 7) is 0. The Kier molecular flexibility index (Phi) is 5.15. The van der Waals surface area contributed by atoms with E-state index in [2.05, 4.69) is 25.4 Å². The lowest BCUT2D eigenvalue weighted by Crippen LogP contribution is -2.17. The van der Waals surface area contributed by atoms with Gasteiger partial charge in [-0.1, -0.05) is 23.4 Å². The zero-order valence-electron chi connectivity index (χ0n) is 17.6. The van der Waals surface area contributed by atoms with E-state index >= 15 is 0 Å². The molecule has 5 N–H and O–H groups in total. The van der Waals surface area contributed by atoms with Gasteiger partial charge >= 0.3 is 0 Å². The largest absolute Gasteiger partial charge is 0.398 e. The number of aromatic nitrogens is 4. The highest BCUT2D eigenvalue weighted by molar-refractivity contribution is 6.12. The first-order valence-corrected chi connectivity index (χ1v) is 10.1. The first-order valence-electron chi connectivity index (χ1n) is 10.1. The molecule has 2 aromatic carbocycles. The van der Waals surface area contributed by atoms with Crippen LogP contribution < -0.4 is 16.6 Å². The van der Waals surface area contributed by atoms with Gasteiger partial charge in [0.2, 0.25) is 5.76 Å². The van der Waals surface area contributed by atoms with Crippen LogP contribution in [-0.2, 0) is 0 Å². The maximum Gasteiger partial charge on any atom is 0.294 e. The lowest BCUT2D eigenvalue weighted by molar-refractivity contribution is 0.0988. The number of aromatic amines is 1. The Balaban J connectivity index is 1.48. The molecule has 0 aliphatic carbocycles. The van der Waals surface area contributed by atoms with Gasteiger partial charge in [0.05, 0.1) is 29.0 Å². The number of amides is 1. The predicted octanol–water partition coefficient (Wildman–Crippen LogP) is 3.22. The van der Waals surface area contributed by atoms with Crippen LogP contribution in [0.3, 0.4) is 0 Å². The average molecular weight is 451 g/mol. The van der Waals surface area contributed by atoms with E-state index in [0.29, 0.717) is 39.0 Å². The fourth-order valence-corrected chi connectivity index (χ4v) is 3.49. The number of carbonyl (C=O) groups excluding carboxylic acids is 1. The summed E-state index contributed by atoms with van der Waals surface area (Å²) in [6, 6.07) is 15.3. The fraction of sp³-hybridized carbons (Fsp3) is 0. The van der Waals surface area contributed by atoms with Crippen LogP contribution >= 0.6 is 0 Å². The van der Waals surface area contributed by atoms with Crippen molar-refractivity contribution >= 4 is 33.9 Å². The van der Waals surface area contributed by atoms with Gasteiger partial charge in [0, 0.05) is 29.1 Å². The van der Waals surface area contributed by atoms with Gasteiger partial charge in [-0.25, -0.2) is 0 Å². The second-order valence-electron chi connectivity index (χ2n) is 7.41. The molecule has 0 spiro atoms. The number of benzene rings is 2. The fourth-order valence-electron chi connectivity index (χ4n) is 3.49. The Labute approximate surface area is 192 Å². The molecular weight excluding hydrogens is 434 g/mol.